The van der Waals surface area contributed by atoms with Gasteiger partial charge < -0.3 is 14.8 Å². The van der Waals surface area contributed by atoms with Gasteiger partial charge in [-0.2, -0.15) is 0 Å². The van der Waals surface area contributed by atoms with Crippen molar-refractivity contribution in [2.75, 3.05) is 11.9 Å². The molecule has 0 aromatic heterocycles. The molecule has 0 aliphatic heterocycles. The van der Waals surface area contributed by atoms with Gasteiger partial charge in [0.05, 0.1) is 10.2 Å². The molecule has 0 fully saturated rings. The van der Waals surface area contributed by atoms with Crippen LogP contribution in [0.1, 0.15) is 22.8 Å². The van der Waals surface area contributed by atoms with E-state index in [0.29, 0.717) is 30.3 Å². The highest BCUT2D eigenvalue weighted by Crippen LogP contribution is 2.35. The van der Waals surface area contributed by atoms with Crippen LogP contribution in [-0.4, -0.2) is 12.5 Å². The Morgan fingerprint density at radius 3 is 2.46 bits per heavy atom. The quantitative estimate of drug-likeness (QED) is 0.333. The summed E-state index contributed by atoms with van der Waals surface area (Å²) in [6, 6.07) is 21.1. The first-order chi connectivity index (χ1) is 13.6. The Balaban J connectivity index is 1.85. The molecule has 144 valence electrons. The van der Waals surface area contributed by atoms with Gasteiger partial charge in [0.2, 0.25) is 0 Å². The van der Waals surface area contributed by atoms with Crippen molar-refractivity contribution in [3.8, 4) is 11.5 Å². The van der Waals surface area contributed by atoms with Crippen LogP contribution in [0.4, 0.5) is 5.69 Å². The summed E-state index contributed by atoms with van der Waals surface area (Å²) in [5.41, 5.74) is 2.33. The molecule has 6 heteroatoms. The first kappa shape index (κ1) is 20.9. The van der Waals surface area contributed by atoms with Crippen LogP contribution in [0.25, 0.3) is 0 Å². The van der Waals surface area contributed by atoms with E-state index in [2.05, 4.69) is 50.5 Å². The predicted octanol–water partition coefficient (Wildman–Crippen LogP) is 6.13. The van der Waals surface area contributed by atoms with Gasteiger partial charge in [-0.1, -0.05) is 36.4 Å². The standard InChI is InChI=1S/C22H19I2NO3/c1-2-27-21-19(24)11-16(22(26)25-18-10-6-9-17(23)13-18)12-20(21)28-14-15-7-4-3-5-8-15/h3-13H,2,14H2,1H3,(H,25,26). The predicted molar refractivity (Wildman–Crippen MR) is 128 cm³/mol. The average molecular weight is 599 g/mol. The highest BCUT2D eigenvalue weighted by Gasteiger charge is 2.16. The summed E-state index contributed by atoms with van der Waals surface area (Å²) < 4.78 is 13.7. The third kappa shape index (κ3) is 5.60. The number of anilines is 1. The third-order valence-corrected chi connectivity index (χ3v) is 5.35. The SMILES string of the molecule is CCOc1c(I)cc(C(=O)Nc2cccc(I)c2)cc1OCc1ccccc1. The Morgan fingerprint density at radius 2 is 1.75 bits per heavy atom. The molecular weight excluding hydrogens is 580 g/mol. The lowest BCUT2D eigenvalue weighted by molar-refractivity contribution is 0.102. The van der Waals surface area contributed by atoms with Gasteiger partial charge in [0.1, 0.15) is 6.61 Å². The molecule has 3 rings (SSSR count). The highest BCUT2D eigenvalue weighted by molar-refractivity contribution is 14.1. The maximum absolute atomic E-state index is 12.8. The average Bonchev–Trinajstić information content (AvgIpc) is 2.69. The minimum atomic E-state index is -0.187. The zero-order valence-corrected chi connectivity index (χ0v) is 19.6. The molecule has 1 amide bonds. The maximum Gasteiger partial charge on any atom is 0.255 e. The number of carbonyl (C=O) groups excluding carboxylic acids is 1. The van der Waals surface area contributed by atoms with Crippen LogP contribution in [0.3, 0.4) is 0 Å². The number of nitrogens with one attached hydrogen (secondary N) is 1. The molecule has 3 aromatic carbocycles. The van der Waals surface area contributed by atoms with E-state index < -0.39 is 0 Å². The summed E-state index contributed by atoms with van der Waals surface area (Å²) in [7, 11) is 0. The lowest BCUT2D eigenvalue weighted by Crippen LogP contribution is -2.13. The van der Waals surface area contributed by atoms with Crippen molar-refractivity contribution in [1.29, 1.82) is 0 Å². The molecule has 0 bridgehead atoms. The molecular formula is C22H19I2NO3. The Hall–Kier alpha value is -1.81. The third-order valence-electron chi connectivity index (χ3n) is 3.88. The molecule has 0 aliphatic carbocycles. The van der Waals surface area contributed by atoms with Gasteiger partial charge in [-0.25, -0.2) is 0 Å². The van der Waals surface area contributed by atoms with E-state index in [-0.39, 0.29) is 5.91 Å². The molecule has 0 unspecified atom stereocenters. The molecule has 0 radical (unpaired) electrons. The smallest absolute Gasteiger partial charge is 0.255 e. The Morgan fingerprint density at radius 1 is 0.964 bits per heavy atom. The minimum absolute atomic E-state index is 0.187. The van der Waals surface area contributed by atoms with Crippen molar-refractivity contribution in [3.63, 3.8) is 0 Å². The van der Waals surface area contributed by atoms with E-state index in [0.717, 1.165) is 18.4 Å². The molecule has 0 atom stereocenters. The van der Waals surface area contributed by atoms with Gasteiger partial charge in [0.25, 0.3) is 5.91 Å². The molecule has 0 aliphatic rings. The number of halogens is 2. The lowest BCUT2D eigenvalue weighted by atomic mass is 10.1. The van der Waals surface area contributed by atoms with Crippen molar-refractivity contribution < 1.29 is 14.3 Å². The normalized spacial score (nSPS) is 10.4. The van der Waals surface area contributed by atoms with E-state index >= 15 is 0 Å². The Bertz CT molecular complexity index is 961. The van der Waals surface area contributed by atoms with Gasteiger partial charge in [-0.05, 0) is 88.0 Å². The first-order valence-corrected chi connectivity index (χ1v) is 10.9. The molecule has 28 heavy (non-hydrogen) atoms. The van der Waals surface area contributed by atoms with Crippen LogP contribution in [0.5, 0.6) is 11.5 Å². The van der Waals surface area contributed by atoms with Crippen LogP contribution in [-0.2, 0) is 6.61 Å². The van der Waals surface area contributed by atoms with Crippen LogP contribution in [0, 0.1) is 7.14 Å². The van der Waals surface area contributed by atoms with Gasteiger partial charge in [0.15, 0.2) is 11.5 Å². The lowest BCUT2D eigenvalue weighted by Gasteiger charge is -2.15. The second-order valence-corrected chi connectivity index (χ2v) is 8.36. The molecule has 3 aromatic rings. The summed E-state index contributed by atoms with van der Waals surface area (Å²) in [5.74, 6) is 1.03. The first-order valence-electron chi connectivity index (χ1n) is 8.77. The van der Waals surface area contributed by atoms with Crippen molar-refractivity contribution in [2.45, 2.75) is 13.5 Å². The Labute approximate surface area is 191 Å². The minimum Gasteiger partial charge on any atom is -0.489 e. The van der Waals surface area contributed by atoms with Crippen molar-refractivity contribution in [1.82, 2.24) is 0 Å². The number of carbonyl (C=O) groups is 1. The summed E-state index contributed by atoms with van der Waals surface area (Å²) in [4.78, 5) is 12.8. The van der Waals surface area contributed by atoms with Crippen molar-refractivity contribution >= 4 is 56.8 Å². The van der Waals surface area contributed by atoms with Gasteiger partial charge in [0, 0.05) is 14.8 Å². The summed E-state index contributed by atoms with van der Waals surface area (Å²) >= 11 is 4.39. The zero-order valence-electron chi connectivity index (χ0n) is 15.2. The molecule has 0 heterocycles. The van der Waals surface area contributed by atoms with Crippen LogP contribution in [0.15, 0.2) is 66.7 Å². The number of ether oxygens (including phenoxy) is 2. The monoisotopic (exact) mass is 599 g/mol. The summed E-state index contributed by atoms with van der Waals surface area (Å²) in [5, 5.41) is 2.94. The second-order valence-electron chi connectivity index (χ2n) is 5.96. The summed E-state index contributed by atoms with van der Waals surface area (Å²) in [6.45, 7) is 2.85. The number of amides is 1. The largest absolute Gasteiger partial charge is 0.489 e. The second kappa shape index (κ2) is 10.1. The maximum atomic E-state index is 12.8. The molecule has 0 saturated heterocycles. The van der Waals surface area contributed by atoms with Crippen molar-refractivity contribution in [3.05, 3.63) is 85.0 Å². The molecule has 1 N–H and O–H groups in total. The fraction of sp³-hybridized carbons (Fsp3) is 0.136. The fourth-order valence-electron chi connectivity index (χ4n) is 2.60. The highest BCUT2D eigenvalue weighted by atomic mass is 127. The van der Waals surface area contributed by atoms with Crippen LogP contribution in [0.2, 0.25) is 0 Å². The van der Waals surface area contributed by atoms with Crippen LogP contribution < -0.4 is 14.8 Å². The van der Waals surface area contributed by atoms with Gasteiger partial charge in [-0.15, -0.1) is 0 Å². The molecule has 4 nitrogen and oxygen atoms in total. The van der Waals surface area contributed by atoms with Gasteiger partial charge in [-0.3, -0.25) is 4.79 Å². The van der Waals surface area contributed by atoms with E-state index in [1.165, 1.54) is 0 Å². The van der Waals surface area contributed by atoms with Crippen LogP contribution >= 0.6 is 45.2 Å². The fourth-order valence-corrected chi connectivity index (χ4v) is 3.90. The van der Waals surface area contributed by atoms with Gasteiger partial charge >= 0.3 is 0 Å². The Kier molecular flexibility index (Phi) is 7.55. The topological polar surface area (TPSA) is 47.6 Å². The van der Waals surface area contributed by atoms with Crippen molar-refractivity contribution in [2.24, 2.45) is 0 Å². The number of hydrogen-bond acceptors (Lipinski definition) is 3. The van der Waals surface area contributed by atoms with E-state index in [1.807, 2.05) is 67.6 Å². The van der Waals surface area contributed by atoms with E-state index in [9.17, 15) is 4.79 Å². The number of rotatable bonds is 7. The molecule has 0 saturated carbocycles. The van der Waals surface area contributed by atoms with E-state index in [1.54, 1.807) is 6.07 Å². The number of benzene rings is 3. The number of hydrogen-bond donors (Lipinski definition) is 1. The zero-order chi connectivity index (χ0) is 19.9. The summed E-state index contributed by atoms with van der Waals surface area (Å²) in [6.07, 6.45) is 0. The van der Waals surface area contributed by atoms with E-state index in [4.69, 9.17) is 9.47 Å². The molecule has 0 spiro atoms.